The van der Waals surface area contributed by atoms with Crippen LogP contribution in [-0.2, 0) is 19.0 Å². The van der Waals surface area contributed by atoms with Crippen LogP contribution < -0.4 is 5.32 Å². The number of hydrogen-bond acceptors (Lipinski definition) is 5. The van der Waals surface area contributed by atoms with E-state index in [1.54, 1.807) is 4.90 Å². The minimum atomic E-state index is -0.602. The first-order chi connectivity index (χ1) is 13.7. The smallest absolute Gasteiger partial charge is 0.407 e. The van der Waals surface area contributed by atoms with Gasteiger partial charge in [0.15, 0.2) is 0 Å². The molecule has 8 heteroatoms. The number of allylic oxidation sites excluding steroid dienone is 3. The number of carbonyl (C=O) groups excluding carboxylic acids is 2. The van der Waals surface area contributed by atoms with E-state index in [4.69, 9.17) is 14.2 Å². The molecule has 0 bridgehead atoms. The second-order valence-electron chi connectivity index (χ2n) is 7.03. The molecule has 1 aliphatic heterocycles. The maximum absolute atomic E-state index is 13.1. The van der Waals surface area contributed by atoms with E-state index in [9.17, 15) is 14.0 Å². The van der Waals surface area contributed by atoms with Crippen LogP contribution in [0.4, 0.5) is 9.18 Å². The molecule has 1 aliphatic rings. The van der Waals surface area contributed by atoms with E-state index in [2.05, 4.69) is 18.5 Å². The second-order valence-corrected chi connectivity index (χ2v) is 7.03. The molecule has 166 valence electrons. The number of hydrogen-bond donors (Lipinski definition) is 1. The van der Waals surface area contributed by atoms with E-state index in [1.165, 1.54) is 6.08 Å². The Labute approximate surface area is 174 Å². The number of nitrogens with one attached hydrogen (secondary N) is 1. The Kier molecular flexibility index (Phi) is 11.1. The molecule has 2 amide bonds. The summed E-state index contributed by atoms with van der Waals surface area (Å²) in [6.07, 6.45) is 1.50. The van der Waals surface area contributed by atoms with Gasteiger partial charge in [-0.3, -0.25) is 4.79 Å². The first kappa shape index (κ1) is 24.7. The number of likely N-dealkylation sites (tertiary alicyclic amines) is 1. The molecule has 1 heterocycles. The van der Waals surface area contributed by atoms with E-state index in [1.807, 2.05) is 20.8 Å². The molecule has 0 spiro atoms. The molecule has 1 N–H and O–H groups in total. The average Bonchev–Trinajstić information content (AvgIpc) is 3.12. The highest BCUT2D eigenvalue weighted by Gasteiger charge is 2.27. The highest BCUT2D eigenvalue weighted by atomic mass is 19.1. The molecule has 0 aromatic carbocycles. The van der Waals surface area contributed by atoms with Crippen molar-refractivity contribution in [2.75, 3.05) is 39.5 Å². The molecule has 7 nitrogen and oxygen atoms in total. The lowest BCUT2D eigenvalue weighted by Crippen LogP contribution is -2.34. The van der Waals surface area contributed by atoms with E-state index in [0.717, 1.165) is 0 Å². The summed E-state index contributed by atoms with van der Waals surface area (Å²) in [5.41, 5.74) is 0.680. The van der Waals surface area contributed by atoms with Crippen molar-refractivity contribution >= 4 is 12.0 Å². The van der Waals surface area contributed by atoms with Crippen LogP contribution in [0.1, 0.15) is 35.0 Å². The van der Waals surface area contributed by atoms with Crippen LogP contribution in [-0.4, -0.2) is 62.5 Å². The quantitative estimate of drug-likeness (QED) is 0.300. The first-order valence-electron chi connectivity index (χ1n) is 9.92. The van der Waals surface area contributed by atoms with Gasteiger partial charge in [-0.1, -0.05) is 33.9 Å². The third-order valence-corrected chi connectivity index (χ3v) is 4.38. The summed E-state index contributed by atoms with van der Waals surface area (Å²) in [6.45, 7) is 14.9. The molecule has 1 atom stereocenters. The zero-order valence-electron chi connectivity index (χ0n) is 17.7. The van der Waals surface area contributed by atoms with Gasteiger partial charge in [-0.15, -0.1) is 0 Å². The van der Waals surface area contributed by atoms with Crippen molar-refractivity contribution in [2.45, 2.75) is 39.7 Å². The van der Waals surface area contributed by atoms with Crippen molar-refractivity contribution in [1.29, 1.82) is 0 Å². The number of ether oxygens (including phenoxy) is 3. The Morgan fingerprint density at radius 2 is 2.03 bits per heavy atom. The molecular formula is C21H35FN2O5. The third-order valence-electron chi connectivity index (χ3n) is 4.38. The fourth-order valence-electron chi connectivity index (χ4n) is 2.66. The topological polar surface area (TPSA) is 77.1 Å². The Bertz CT molecular complexity index is 625. The van der Waals surface area contributed by atoms with Crippen molar-refractivity contribution in [1.82, 2.24) is 10.2 Å². The van der Waals surface area contributed by atoms with Gasteiger partial charge in [0.25, 0.3) is 0 Å². The lowest BCUT2D eigenvalue weighted by Gasteiger charge is -2.16. The summed E-state index contributed by atoms with van der Waals surface area (Å²) < 4.78 is 29.3. The molecule has 0 aromatic heterocycles. The van der Waals surface area contributed by atoms with Crippen LogP contribution in [0.2, 0.25) is 0 Å². The van der Waals surface area contributed by atoms with E-state index >= 15 is 0 Å². The van der Waals surface area contributed by atoms with Gasteiger partial charge in [0.1, 0.15) is 24.3 Å². The van der Waals surface area contributed by atoms with Crippen LogP contribution in [0.3, 0.4) is 0 Å². The van der Waals surface area contributed by atoms with Gasteiger partial charge in [-0.25, -0.2) is 9.18 Å². The minimum Gasteiger partial charge on any atom is -0.491 e. The van der Waals surface area contributed by atoms with Crippen molar-refractivity contribution < 1.29 is 29.6 Å². The van der Waals surface area contributed by atoms with Gasteiger partial charge < -0.3 is 24.4 Å². The number of halogens is 1. The zero-order valence-corrected chi connectivity index (χ0v) is 17.7. The van der Waals surface area contributed by atoms with E-state index in [0.29, 0.717) is 37.3 Å². The number of alkyl carbamates (subject to hydrolysis) is 1. The van der Waals surface area contributed by atoms with Gasteiger partial charge in [-0.05, 0) is 11.5 Å². The first-order valence-corrected chi connectivity index (χ1v) is 9.92. The van der Waals surface area contributed by atoms with Crippen LogP contribution in [0.25, 0.3) is 0 Å². The fraction of sp³-hybridized carbons (Fsp3) is 0.619. The average molecular weight is 415 g/mol. The molecule has 1 unspecified atom stereocenters. The Balaban J connectivity index is 0.00000841. The lowest BCUT2D eigenvalue weighted by molar-refractivity contribution is -0.130. The van der Waals surface area contributed by atoms with Crippen molar-refractivity contribution in [3.05, 3.63) is 36.4 Å². The van der Waals surface area contributed by atoms with Gasteiger partial charge in [0.2, 0.25) is 5.91 Å². The lowest BCUT2D eigenvalue weighted by atomic mass is 10.0. The Hall–Kier alpha value is -2.35. The van der Waals surface area contributed by atoms with Crippen molar-refractivity contribution in [3.63, 3.8) is 0 Å². The van der Waals surface area contributed by atoms with Gasteiger partial charge >= 0.3 is 6.09 Å². The predicted octanol–water partition coefficient (Wildman–Crippen LogP) is 3.58. The molecule has 0 aromatic rings. The molecule has 0 radical (unpaired) electrons. The van der Waals surface area contributed by atoms with Gasteiger partial charge in [0, 0.05) is 33.4 Å². The van der Waals surface area contributed by atoms with Crippen LogP contribution in [0.5, 0.6) is 0 Å². The summed E-state index contributed by atoms with van der Waals surface area (Å²) >= 11 is 0. The number of carbonyl (C=O) groups is 2. The van der Waals surface area contributed by atoms with E-state index in [-0.39, 0.29) is 45.7 Å². The monoisotopic (exact) mass is 414 g/mol. The molecule has 29 heavy (non-hydrogen) atoms. The largest absolute Gasteiger partial charge is 0.491 e. The summed E-state index contributed by atoms with van der Waals surface area (Å²) in [4.78, 5) is 25.1. The normalized spacial score (nSPS) is 16.7. The maximum atomic E-state index is 13.1. The molecule has 1 saturated heterocycles. The number of amides is 2. The van der Waals surface area contributed by atoms with Crippen molar-refractivity contribution in [3.8, 4) is 0 Å². The Morgan fingerprint density at radius 3 is 2.66 bits per heavy atom. The summed E-state index contributed by atoms with van der Waals surface area (Å²) in [5, 5.41) is 2.61. The Morgan fingerprint density at radius 1 is 1.31 bits per heavy atom. The summed E-state index contributed by atoms with van der Waals surface area (Å²) in [5.74, 6) is -0.0680. The summed E-state index contributed by atoms with van der Waals surface area (Å²) in [7, 11) is 0. The van der Waals surface area contributed by atoms with Gasteiger partial charge in [-0.2, -0.15) is 0 Å². The molecule has 1 fully saturated rings. The molecule has 0 aliphatic carbocycles. The highest BCUT2D eigenvalue weighted by Crippen LogP contribution is 2.20. The van der Waals surface area contributed by atoms with E-state index < -0.39 is 11.9 Å². The van der Waals surface area contributed by atoms with Crippen LogP contribution in [0.15, 0.2) is 36.4 Å². The van der Waals surface area contributed by atoms with Crippen LogP contribution in [0, 0.1) is 5.92 Å². The standard InChI is InChI=1S/C21H33FN2O5.H2/c1-6-20(25)24-9-7-18(14-24)29-21(26)23-8-10-27-11-12-28-19(13-16(4)22)17(5)15(2)3;/h13,15,18H,4-12,14H2,1-3H3,(H,23,26);1H/b19-13+;. The summed E-state index contributed by atoms with van der Waals surface area (Å²) in [6, 6.07) is 0. The minimum absolute atomic E-state index is 0. The van der Waals surface area contributed by atoms with Gasteiger partial charge in [0.05, 0.1) is 19.8 Å². The second kappa shape index (κ2) is 13.0. The van der Waals surface area contributed by atoms with Crippen LogP contribution >= 0.6 is 0 Å². The molecule has 0 saturated carbocycles. The molecule has 1 rings (SSSR count). The highest BCUT2D eigenvalue weighted by molar-refractivity contribution is 5.76. The number of rotatable bonds is 12. The maximum Gasteiger partial charge on any atom is 0.407 e. The predicted molar refractivity (Wildman–Crippen MR) is 111 cm³/mol. The molecular weight excluding hydrogens is 379 g/mol. The van der Waals surface area contributed by atoms with Crippen molar-refractivity contribution in [2.24, 2.45) is 5.92 Å². The zero-order chi connectivity index (χ0) is 21.8. The fourth-order valence-corrected chi connectivity index (χ4v) is 2.66. The number of nitrogens with zero attached hydrogens (tertiary/aromatic N) is 1. The third kappa shape index (κ3) is 9.60. The SMILES string of the molecule is C=C(F)/C=C(/OCCOCCNC(=O)OC1CCN(C(=O)CC)C1)C(=C)C(C)C.[HH].